The van der Waals surface area contributed by atoms with Gasteiger partial charge in [-0.05, 0) is 0 Å². The average molecular weight is 280 g/mol. The molecule has 0 aromatic rings. The zero-order chi connectivity index (χ0) is 6.28. The third kappa shape index (κ3) is 35.0. The van der Waals surface area contributed by atoms with Crippen LogP contribution in [0.4, 0.5) is 0 Å². The van der Waals surface area contributed by atoms with Gasteiger partial charge in [-0.15, -0.1) is 6.92 Å². The molecule has 0 aliphatic rings. The molecule has 0 saturated carbocycles. The first-order valence-corrected chi connectivity index (χ1v) is 2.41. The molecular formula is C7H12W. The van der Waals surface area contributed by atoms with Crippen molar-refractivity contribution in [1.29, 1.82) is 0 Å². The van der Waals surface area contributed by atoms with E-state index in [9.17, 15) is 0 Å². The fraction of sp³-hybridized carbons (Fsp3) is 0.429. The van der Waals surface area contributed by atoms with Crippen LogP contribution in [-0.4, -0.2) is 0 Å². The van der Waals surface area contributed by atoms with E-state index in [4.69, 9.17) is 13.2 Å². The molecule has 46 valence electrons. The van der Waals surface area contributed by atoms with Crippen molar-refractivity contribution in [2.24, 2.45) is 0 Å². The molecule has 0 atom stereocenters. The summed E-state index contributed by atoms with van der Waals surface area (Å²) in [6.45, 7) is 15.6. The molecule has 0 unspecified atom stereocenters. The Bertz CT molecular complexity index is 55.4. The molecule has 0 amide bonds. The predicted octanol–water partition coefficient (Wildman–Crippen LogP) is 2.38. The molecule has 0 bridgehead atoms. The van der Waals surface area contributed by atoms with Gasteiger partial charge in [0.25, 0.3) is 0 Å². The molecule has 0 nitrogen and oxygen atoms in total. The third-order valence-electron chi connectivity index (χ3n) is 0.263. The molecular weight excluding hydrogens is 268 g/mol. The van der Waals surface area contributed by atoms with E-state index in [1.165, 1.54) is 6.08 Å². The maximum absolute atomic E-state index is 5.03. The van der Waals surface area contributed by atoms with Crippen molar-refractivity contribution in [3.63, 3.8) is 0 Å². The summed E-state index contributed by atoms with van der Waals surface area (Å²) in [6, 6.07) is 0. The molecule has 0 aromatic carbocycles. The summed E-state index contributed by atoms with van der Waals surface area (Å²) in [7, 11) is 0. The van der Waals surface area contributed by atoms with Gasteiger partial charge in [0.15, 0.2) is 0 Å². The number of allylic oxidation sites excluding steroid dienone is 2. The van der Waals surface area contributed by atoms with Gasteiger partial charge >= 0.3 is 21.1 Å². The molecule has 8 heavy (non-hydrogen) atoms. The SMILES string of the molecule is CC.[CH-]=CC(=[CH-])C.[W+2]. The van der Waals surface area contributed by atoms with E-state index >= 15 is 0 Å². The maximum atomic E-state index is 5.03. The Morgan fingerprint density at radius 3 is 1.50 bits per heavy atom. The summed E-state index contributed by atoms with van der Waals surface area (Å²) in [4.78, 5) is 0. The summed E-state index contributed by atoms with van der Waals surface area (Å²) in [6.07, 6.45) is 1.36. The predicted molar refractivity (Wildman–Crippen MR) is 33.7 cm³/mol. The van der Waals surface area contributed by atoms with Gasteiger partial charge in [-0.1, -0.05) is 13.8 Å². The minimum atomic E-state index is 0. The van der Waals surface area contributed by atoms with Crippen LogP contribution in [0, 0.1) is 13.2 Å². The molecule has 0 aliphatic heterocycles. The first kappa shape index (κ1) is 15.7. The van der Waals surface area contributed by atoms with Crippen LogP contribution < -0.4 is 0 Å². The van der Waals surface area contributed by atoms with Crippen molar-refractivity contribution in [3.8, 4) is 0 Å². The van der Waals surface area contributed by atoms with Crippen LogP contribution in [0.15, 0.2) is 11.6 Å². The zero-order valence-electron chi connectivity index (χ0n) is 5.64. The van der Waals surface area contributed by atoms with E-state index in [-0.39, 0.29) is 21.1 Å². The summed E-state index contributed by atoms with van der Waals surface area (Å²) in [5, 5.41) is 0. The Balaban J connectivity index is -0.0000000750. The average Bonchev–Trinajstić information content (AvgIpc) is 1.73. The van der Waals surface area contributed by atoms with E-state index in [0.29, 0.717) is 5.57 Å². The summed E-state index contributed by atoms with van der Waals surface area (Å²) in [5.41, 5.74) is 0.657. The molecule has 0 N–H and O–H groups in total. The van der Waals surface area contributed by atoms with Crippen LogP contribution in [0.3, 0.4) is 0 Å². The Morgan fingerprint density at radius 1 is 1.38 bits per heavy atom. The Labute approximate surface area is 66.9 Å². The van der Waals surface area contributed by atoms with Crippen molar-refractivity contribution >= 4 is 0 Å². The fourth-order valence-electron chi connectivity index (χ4n) is 0. The Kier molecular flexibility index (Phi) is 30.8. The Morgan fingerprint density at radius 2 is 1.50 bits per heavy atom. The second-order valence-electron chi connectivity index (χ2n) is 0.911. The van der Waals surface area contributed by atoms with Gasteiger partial charge in [-0.25, -0.2) is 0 Å². The fourth-order valence-corrected chi connectivity index (χ4v) is 0. The Hall–Kier alpha value is 0.168. The van der Waals surface area contributed by atoms with E-state index in [2.05, 4.69) is 0 Å². The van der Waals surface area contributed by atoms with Crippen molar-refractivity contribution in [1.82, 2.24) is 0 Å². The minimum absolute atomic E-state index is 0. The van der Waals surface area contributed by atoms with Crippen LogP contribution in [0.2, 0.25) is 0 Å². The van der Waals surface area contributed by atoms with Gasteiger partial charge in [0.05, 0.1) is 0 Å². The molecule has 0 fully saturated rings. The van der Waals surface area contributed by atoms with Crippen molar-refractivity contribution < 1.29 is 21.1 Å². The second kappa shape index (κ2) is 15.7. The van der Waals surface area contributed by atoms with Crippen molar-refractivity contribution in [2.75, 3.05) is 0 Å². The number of hydrogen-bond acceptors (Lipinski definition) is 0. The topological polar surface area (TPSA) is 0 Å². The van der Waals surface area contributed by atoms with Crippen LogP contribution >= 0.6 is 0 Å². The van der Waals surface area contributed by atoms with E-state index in [1.54, 1.807) is 6.92 Å². The van der Waals surface area contributed by atoms with Crippen LogP contribution in [0.1, 0.15) is 20.8 Å². The van der Waals surface area contributed by atoms with Crippen LogP contribution in [0.5, 0.6) is 0 Å². The molecule has 0 saturated heterocycles. The van der Waals surface area contributed by atoms with Gasteiger partial charge in [-0.3, -0.25) is 0 Å². The van der Waals surface area contributed by atoms with Crippen LogP contribution in [-0.2, 0) is 21.1 Å². The van der Waals surface area contributed by atoms with E-state index < -0.39 is 0 Å². The molecule has 0 aliphatic carbocycles. The van der Waals surface area contributed by atoms with E-state index in [0.717, 1.165) is 0 Å². The van der Waals surface area contributed by atoms with Gasteiger partial charge in [-0.2, -0.15) is 0 Å². The molecule has 0 rings (SSSR count). The van der Waals surface area contributed by atoms with Gasteiger partial charge in [0, 0.05) is 0 Å². The van der Waals surface area contributed by atoms with Crippen molar-refractivity contribution in [3.05, 3.63) is 24.8 Å². The summed E-state index contributed by atoms with van der Waals surface area (Å²) < 4.78 is 0. The molecule has 0 radical (unpaired) electrons. The first-order chi connectivity index (χ1) is 3.27. The molecule has 0 heterocycles. The van der Waals surface area contributed by atoms with Gasteiger partial charge < -0.3 is 24.8 Å². The van der Waals surface area contributed by atoms with Gasteiger partial charge in [0.1, 0.15) is 0 Å². The smallest absolute Gasteiger partial charge is 0.394 e. The monoisotopic (exact) mass is 280 g/mol. The summed E-state index contributed by atoms with van der Waals surface area (Å²) >= 11 is 0. The van der Waals surface area contributed by atoms with Gasteiger partial charge in [0.2, 0.25) is 0 Å². The van der Waals surface area contributed by atoms with E-state index in [1.807, 2.05) is 13.8 Å². The first-order valence-electron chi connectivity index (χ1n) is 2.41. The second-order valence-corrected chi connectivity index (χ2v) is 0.911. The number of rotatable bonds is 1. The summed E-state index contributed by atoms with van der Waals surface area (Å²) in [5.74, 6) is 0. The quantitative estimate of drug-likeness (QED) is 0.511. The maximum Gasteiger partial charge on any atom is 2.00 e. The molecule has 0 spiro atoms. The largest absolute Gasteiger partial charge is 2.00 e. The van der Waals surface area contributed by atoms with Crippen LogP contribution in [0.25, 0.3) is 0 Å². The minimum Gasteiger partial charge on any atom is -0.394 e. The molecule has 0 aromatic heterocycles. The van der Waals surface area contributed by atoms with Crippen molar-refractivity contribution in [2.45, 2.75) is 20.8 Å². The third-order valence-corrected chi connectivity index (χ3v) is 0.263. The number of hydrogen-bond donors (Lipinski definition) is 0. The zero-order valence-corrected chi connectivity index (χ0v) is 8.57. The molecule has 1 heteroatoms. The normalized spacial score (nSPS) is 4.88. The standard InChI is InChI=1S/C5H6.C2H6.W/c1-4-5(2)3;1-2;/h1-2,4H,3H3;1-2H3;/q-2;;+2.